The minimum Gasteiger partial charge on any atom is -0.385 e. The fourth-order valence-corrected chi connectivity index (χ4v) is 2.68. The molecule has 0 amide bonds. The van der Waals surface area contributed by atoms with Crippen molar-refractivity contribution in [3.8, 4) is 0 Å². The third-order valence-electron chi connectivity index (χ3n) is 1.94. The molecule has 0 bridgehead atoms. The lowest BCUT2D eigenvalue weighted by Gasteiger charge is -2.13. The quantitative estimate of drug-likeness (QED) is 0.786. The first kappa shape index (κ1) is 13.1. The van der Waals surface area contributed by atoms with E-state index in [1.165, 1.54) is 4.88 Å². The summed E-state index contributed by atoms with van der Waals surface area (Å²) in [4.78, 5) is 1.17. The molecule has 86 valence electrons. The molecule has 15 heavy (non-hydrogen) atoms. The van der Waals surface area contributed by atoms with Crippen molar-refractivity contribution in [2.75, 3.05) is 26.9 Å². The summed E-state index contributed by atoms with van der Waals surface area (Å²) in [5, 5.41) is 0. The average Bonchev–Trinajstić information content (AvgIpc) is 2.65. The Balaban J connectivity index is 2.35. The lowest BCUT2D eigenvalue weighted by molar-refractivity contribution is 0.0459. The van der Waals surface area contributed by atoms with Crippen molar-refractivity contribution >= 4 is 27.3 Å². The first-order valence-corrected chi connectivity index (χ1v) is 6.44. The van der Waals surface area contributed by atoms with Crippen LogP contribution in [-0.2, 0) is 9.47 Å². The Labute approximate surface area is 103 Å². The van der Waals surface area contributed by atoms with Crippen LogP contribution in [0.5, 0.6) is 0 Å². The van der Waals surface area contributed by atoms with Gasteiger partial charge >= 0.3 is 0 Å². The number of thiophene rings is 1. The van der Waals surface area contributed by atoms with Crippen LogP contribution in [0.2, 0.25) is 0 Å². The molecule has 2 N–H and O–H groups in total. The largest absolute Gasteiger partial charge is 0.385 e. The molecule has 1 heterocycles. The highest BCUT2D eigenvalue weighted by Crippen LogP contribution is 2.28. The van der Waals surface area contributed by atoms with Crippen LogP contribution in [0.4, 0.5) is 0 Å². The van der Waals surface area contributed by atoms with E-state index < -0.39 is 0 Å². The molecule has 1 aromatic rings. The topological polar surface area (TPSA) is 44.5 Å². The van der Waals surface area contributed by atoms with Gasteiger partial charge in [0.15, 0.2) is 0 Å². The smallest absolute Gasteiger partial charge is 0.104 e. The Bertz CT molecular complexity index is 280. The zero-order valence-electron chi connectivity index (χ0n) is 8.74. The number of halogens is 1. The van der Waals surface area contributed by atoms with Crippen LogP contribution < -0.4 is 5.73 Å². The van der Waals surface area contributed by atoms with Crippen molar-refractivity contribution in [1.29, 1.82) is 0 Å². The number of hydrogen-bond donors (Lipinski definition) is 1. The molecule has 0 aromatic carbocycles. The number of rotatable bonds is 7. The van der Waals surface area contributed by atoms with E-state index in [1.807, 2.05) is 12.1 Å². The predicted octanol–water partition coefficient (Wildman–Crippen LogP) is 2.56. The number of hydrogen-bond acceptors (Lipinski definition) is 4. The first-order chi connectivity index (χ1) is 7.27. The van der Waals surface area contributed by atoms with Gasteiger partial charge < -0.3 is 15.2 Å². The summed E-state index contributed by atoms with van der Waals surface area (Å²) in [5.41, 5.74) is 5.66. The number of ether oxygens (including phenoxy) is 2. The zero-order chi connectivity index (χ0) is 11.1. The van der Waals surface area contributed by atoms with E-state index in [2.05, 4.69) is 15.9 Å². The molecule has 0 radical (unpaired) electrons. The van der Waals surface area contributed by atoms with Crippen molar-refractivity contribution in [3.05, 3.63) is 20.8 Å². The maximum absolute atomic E-state index is 5.68. The van der Waals surface area contributed by atoms with Crippen LogP contribution in [0.1, 0.15) is 17.4 Å². The standard InChI is InChI=1S/C10H16BrNO2S/c1-13-5-2-6-14-8(7-12)9-3-4-10(11)15-9/h3-4,8H,2,5-7,12H2,1H3. The second-order valence-electron chi connectivity index (χ2n) is 3.08. The Morgan fingerprint density at radius 2 is 2.27 bits per heavy atom. The van der Waals surface area contributed by atoms with Crippen LogP contribution in [0, 0.1) is 0 Å². The van der Waals surface area contributed by atoms with E-state index in [0.29, 0.717) is 13.2 Å². The maximum atomic E-state index is 5.68. The highest BCUT2D eigenvalue weighted by Gasteiger charge is 2.11. The summed E-state index contributed by atoms with van der Waals surface area (Å²) >= 11 is 5.09. The molecule has 1 rings (SSSR count). The van der Waals surface area contributed by atoms with Crippen LogP contribution in [0.25, 0.3) is 0 Å². The van der Waals surface area contributed by atoms with Crippen LogP contribution in [-0.4, -0.2) is 26.9 Å². The molecule has 1 atom stereocenters. The predicted molar refractivity (Wildman–Crippen MR) is 66.3 cm³/mol. The van der Waals surface area contributed by atoms with Gasteiger partial charge in [-0.25, -0.2) is 0 Å². The molecule has 0 aliphatic heterocycles. The second-order valence-corrected chi connectivity index (χ2v) is 5.58. The molecule has 0 aliphatic carbocycles. The Morgan fingerprint density at radius 1 is 1.47 bits per heavy atom. The molecule has 5 heteroatoms. The SMILES string of the molecule is COCCCOC(CN)c1ccc(Br)s1. The van der Waals surface area contributed by atoms with E-state index in [0.717, 1.165) is 16.8 Å². The Kier molecular flexibility index (Phi) is 6.43. The van der Waals surface area contributed by atoms with Crippen molar-refractivity contribution in [2.45, 2.75) is 12.5 Å². The third-order valence-corrected chi connectivity index (χ3v) is 3.65. The molecule has 0 spiro atoms. The van der Waals surface area contributed by atoms with Crippen LogP contribution in [0.3, 0.4) is 0 Å². The zero-order valence-corrected chi connectivity index (χ0v) is 11.1. The summed E-state index contributed by atoms with van der Waals surface area (Å²) in [5.74, 6) is 0. The molecule has 0 aliphatic rings. The molecule has 0 saturated heterocycles. The number of nitrogens with two attached hydrogens (primary N) is 1. The molecule has 1 aromatic heterocycles. The van der Waals surface area contributed by atoms with Gasteiger partial charge in [0.1, 0.15) is 6.10 Å². The van der Waals surface area contributed by atoms with Crippen molar-refractivity contribution in [2.24, 2.45) is 5.73 Å². The summed E-state index contributed by atoms with van der Waals surface area (Å²) in [6.07, 6.45) is 0.915. The molecular weight excluding hydrogens is 278 g/mol. The van der Waals surface area contributed by atoms with E-state index >= 15 is 0 Å². The van der Waals surface area contributed by atoms with Crippen molar-refractivity contribution in [1.82, 2.24) is 0 Å². The highest BCUT2D eigenvalue weighted by atomic mass is 79.9. The normalized spacial score (nSPS) is 13.0. The summed E-state index contributed by atoms with van der Waals surface area (Å²) in [6, 6.07) is 4.06. The number of methoxy groups -OCH3 is 1. The Morgan fingerprint density at radius 3 is 2.80 bits per heavy atom. The fourth-order valence-electron chi connectivity index (χ4n) is 1.20. The first-order valence-electron chi connectivity index (χ1n) is 4.83. The van der Waals surface area contributed by atoms with Crippen molar-refractivity contribution < 1.29 is 9.47 Å². The van der Waals surface area contributed by atoms with Crippen LogP contribution in [0.15, 0.2) is 15.9 Å². The summed E-state index contributed by atoms with van der Waals surface area (Å²) in [6.45, 7) is 1.93. The van der Waals surface area contributed by atoms with E-state index in [4.69, 9.17) is 15.2 Å². The maximum Gasteiger partial charge on any atom is 0.104 e. The molecular formula is C10H16BrNO2S. The van der Waals surface area contributed by atoms with E-state index in [-0.39, 0.29) is 6.10 Å². The van der Waals surface area contributed by atoms with Crippen LogP contribution >= 0.6 is 27.3 Å². The summed E-state index contributed by atoms with van der Waals surface area (Å²) < 4.78 is 11.7. The third kappa shape index (κ3) is 4.61. The van der Waals surface area contributed by atoms with Crippen molar-refractivity contribution in [3.63, 3.8) is 0 Å². The van der Waals surface area contributed by atoms with Gasteiger partial charge in [0.25, 0.3) is 0 Å². The van der Waals surface area contributed by atoms with Gasteiger partial charge in [0, 0.05) is 31.7 Å². The highest BCUT2D eigenvalue weighted by molar-refractivity contribution is 9.11. The minimum atomic E-state index is 0.0122. The van der Waals surface area contributed by atoms with Gasteiger partial charge in [0.2, 0.25) is 0 Å². The fraction of sp³-hybridized carbons (Fsp3) is 0.600. The monoisotopic (exact) mass is 293 g/mol. The lowest BCUT2D eigenvalue weighted by Crippen LogP contribution is -2.15. The van der Waals surface area contributed by atoms with Gasteiger partial charge in [0.05, 0.1) is 3.79 Å². The van der Waals surface area contributed by atoms with E-state index in [9.17, 15) is 0 Å². The molecule has 0 saturated carbocycles. The van der Waals surface area contributed by atoms with Gasteiger partial charge in [-0.3, -0.25) is 0 Å². The van der Waals surface area contributed by atoms with Gasteiger partial charge in [-0.2, -0.15) is 0 Å². The molecule has 0 fully saturated rings. The van der Waals surface area contributed by atoms with Gasteiger partial charge in [-0.15, -0.1) is 11.3 Å². The Hall–Kier alpha value is 0.0600. The summed E-state index contributed by atoms with van der Waals surface area (Å²) in [7, 11) is 1.69. The molecule has 1 unspecified atom stereocenters. The molecule has 3 nitrogen and oxygen atoms in total. The van der Waals surface area contributed by atoms with E-state index in [1.54, 1.807) is 18.4 Å². The second kappa shape index (κ2) is 7.35. The minimum absolute atomic E-state index is 0.0122. The van der Waals surface area contributed by atoms with Gasteiger partial charge in [-0.05, 0) is 34.5 Å². The van der Waals surface area contributed by atoms with Gasteiger partial charge in [-0.1, -0.05) is 0 Å². The lowest BCUT2D eigenvalue weighted by atomic mass is 10.3. The average molecular weight is 294 g/mol.